The van der Waals surface area contributed by atoms with Gasteiger partial charge in [0.05, 0.1) is 5.52 Å². The van der Waals surface area contributed by atoms with Crippen LogP contribution in [0.3, 0.4) is 0 Å². The highest BCUT2D eigenvalue weighted by Gasteiger charge is 2.01. The fourth-order valence-corrected chi connectivity index (χ4v) is 2.20. The van der Waals surface area contributed by atoms with Crippen LogP contribution in [0.4, 0.5) is 0 Å². The number of pyridine rings is 1. The van der Waals surface area contributed by atoms with E-state index in [0.717, 1.165) is 5.52 Å². The van der Waals surface area contributed by atoms with Gasteiger partial charge in [-0.25, -0.2) is 0 Å². The van der Waals surface area contributed by atoms with Crippen LogP contribution >= 0.6 is 45.2 Å². The first kappa shape index (κ1) is 8.68. The van der Waals surface area contributed by atoms with Gasteiger partial charge in [0, 0.05) is 18.7 Å². The molecule has 0 aliphatic carbocycles. The number of rotatable bonds is 0. The van der Waals surface area contributed by atoms with Gasteiger partial charge < -0.3 is 0 Å². The molecule has 3 heteroatoms. The van der Waals surface area contributed by atoms with Gasteiger partial charge in [0.15, 0.2) is 0 Å². The van der Waals surface area contributed by atoms with Gasteiger partial charge in [-0.05, 0) is 63.4 Å². The third kappa shape index (κ3) is 1.44. The minimum Gasteiger partial charge on any atom is -0.256 e. The average molecular weight is 381 g/mol. The summed E-state index contributed by atoms with van der Waals surface area (Å²) in [6.07, 6.45) is 1.82. The monoisotopic (exact) mass is 381 g/mol. The third-order valence-corrected chi connectivity index (χ3v) is 4.77. The third-order valence-electron chi connectivity index (χ3n) is 1.67. The van der Waals surface area contributed by atoms with Crippen molar-refractivity contribution in [3.8, 4) is 0 Å². The molecule has 0 N–H and O–H groups in total. The molecule has 0 fully saturated rings. The number of nitrogens with zero attached hydrogens (tertiary/aromatic N) is 1. The number of fused-ring (bicyclic) bond motifs is 1. The second-order valence-electron chi connectivity index (χ2n) is 2.43. The van der Waals surface area contributed by atoms with Crippen molar-refractivity contribution in [2.45, 2.75) is 0 Å². The largest absolute Gasteiger partial charge is 0.256 e. The van der Waals surface area contributed by atoms with Gasteiger partial charge in [-0.1, -0.05) is 6.07 Å². The summed E-state index contributed by atoms with van der Waals surface area (Å²) in [7, 11) is 0. The molecule has 0 aliphatic heterocycles. The Hall–Kier alpha value is 0.0900. The van der Waals surface area contributed by atoms with E-state index in [4.69, 9.17) is 0 Å². The Bertz CT molecular complexity index is 426. The van der Waals surface area contributed by atoms with E-state index >= 15 is 0 Å². The summed E-state index contributed by atoms with van der Waals surface area (Å²) < 4.78 is 2.58. The van der Waals surface area contributed by atoms with Crippen LogP contribution in [-0.4, -0.2) is 4.98 Å². The van der Waals surface area contributed by atoms with Gasteiger partial charge in [0.1, 0.15) is 0 Å². The second kappa shape index (κ2) is 3.45. The van der Waals surface area contributed by atoms with Crippen molar-refractivity contribution in [1.29, 1.82) is 0 Å². The number of hydrogen-bond acceptors (Lipinski definition) is 1. The van der Waals surface area contributed by atoms with Crippen molar-refractivity contribution >= 4 is 56.1 Å². The zero-order valence-electron chi connectivity index (χ0n) is 6.09. The molecule has 0 amide bonds. The van der Waals surface area contributed by atoms with Gasteiger partial charge >= 0.3 is 0 Å². The standard InChI is InChI=1S/C9H5I2N/c10-7-3-4-8-6(9(7)11)2-1-5-12-8/h1-5H. The highest BCUT2D eigenvalue weighted by Crippen LogP contribution is 2.23. The van der Waals surface area contributed by atoms with Crippen molar-refractivity contribution in [3.05, 3.63) is 37.6 Å². The summed E-state index contributed by atoms with van der Waals surface area (Å²) in [4.78, 5) is 4.28. The van der Waals surface area contributed by atoms with Gasteiger partial charge in [-0.15, -0.1) is 0 Å². The summed E-state index contributed by atoms with van der Waals surface area (Å²) in [6, 6.07) is 8.23. The highest BCUT2D eigenvalue weighted by molar-refractivity contribution is 14.1. The molecule has 0 atom stereocenters. The molecular formula is C9H5I2N. The van der Waals surface area contributed by atoms with Crippen LogP contribution < -0.4 is 0 Å². The highest BCUT2D eigenvalue weighted by atomic mass is 127. The number of aromatic nitrogens is 1. The maximum Gasteiger partial charge on any atom is 0.0713 e. The molecule has 1 aromatic heterocycles. The van der Waals surface area contributed by atoms with Crippen molar-refractivity contribution in [3.63, 3.8) is 0 Å². The van der Waals surface area contributed by atoms with Crippen LogP contribution in [0.15, 0.2) is 30.5 Å². The Balaban J connectivity index is 2.91. The van der Waals surface area contributed by atoms with E-state index in [1.807, 2.05) is 12.3 Å². The Labute approximate surface area is 97.9 Å². The fraction of sp³-hybridized carbons (Fsp3) is 0. The lowest BCUT2D eigenvalue weighted by Crippen LogP contribution is -1.84. The molecule has 1 heterocycles. The van der Waals surface area contributed by atoms with E-state index in [9.17, 15) is 0 Å². The van der Waals surface area contributed by atoms with E-state index in [1.54, 1.807) is 0 Å². The van der Waals surface area contributed by atoms with E-state index in [2.05, 4.69) is 68.4 Å². The van der Waals surface area contributed by atoms with Gasteiger partial charge in [-0.3, -0.25) is 4.98 Å². The molecule has 0 aliphatic rings. The molecule has 0 spiro atoms. The van der Waals surface area contributed by atoms with Gasteiger partial charge in [0.25, 0.3) is 0 Å². The van der Waals surface area contributed by atoms with Crippen molar-refractivity contribution < 1.29 is 0 Å². The maximum absolute atomic E-state index is 4.28. The normalized spacial score (nSPS) is 10.5. The first-order chi connectivity index (χ1) is 5.79. The predicted molar refractivity (Wildman–Crippen MR) is 67.2 cm³/mol. The lowest BCUT2D eigenvalue weighted by Gasteiger charge is -2.00. The number of halogens is 2. The van der Waals surface area contributed by atoms with Gasteiger partial charge in [-0.2, -0.15) is 0 Å². The molecular weight excluding hydrogens is 376 g/mol. The minimum atomic E-state index is 1.07. The van der Waals surface area contributed by atoms with Crippen LogP contribution in [0.1, 0.15) is 0 Å². The Morgan fingerprint density at radius 1 is 1.08 bits per heavy atom. The van der Waals surface area contributed by atoms with E-state index in [0.29, 0.717) is 0 Å². The van der Waals surface area contributed by atoms with Crippen molar-refractivity contribution in [1.82, 2.24) is 4.98 Å². The van der Waals surface area contributed by atoms with Crippen molar-refractivity contribution in [2.24, 2.45) is 0 Å². The summed E-state index contributed by atoms with van der Waals surface area (Å²) in [6.45, 7) is 0. The molecule has 2 aromatic rings. The first-order valence-electron chi connectivity index (χ1n) is 3.48. The van der Waals surface area contributed by atoms with Gasteiger partial charge in [0.2, 0.25) is 0 Å². The quantitative estimate of drug-likeness (QED) is 0.638. The molecule has 2 rings (SSSR count). The second-order valence-corrected chi connectivity index (χ2v) is 4.67. The minimum absolute atomic E-state index is 1.07. The topological polar surface area (TPSA) is 12.9 Å². The molecule has 60 valence electrons. The fourth-order valence-electron chi connectivity index (χ4n) is 1.09. The van der Waals surface area contributed by atoms with E-state index < -0.39 is 0 Å². The lowest BCUT2D eigenvalue weighted by atomic mass is 10.2. The maximum atomic E-state index is 4.28. The molecule has 0 radical (unpaired) electrons. The summed E-state index contributed by atoms with van der Waals surface area (Å²) in [5.41, 5.74) is 1.07. The molecule has 0 saturated heterocycles. The van der Waals surface area contributed by atoms with Crippen LogP contribution in [0, 0.1) is 7.14 Å². The smallest absolute Gasteiger partial charge is 0.0713 e. The number of benzene rings is 1. The van der Waals surface area contributed by atoms with Crippen molar-refractivity contribution in [2.75, 3.05) is 0 Å². The molecule has 0 bridgehead atoms. The first-order valence-corrected chi connectivity index (χ1v) is 5.63. The molecule has 1 nitrogen and oxygen atoms in total. The summed E-state index contributed by atoms with van der Waals surface area (Å²) in [5, 5.41) is 1.24. The Morgan fingerprint density at radius 3 is 2.75 bits per heavy atom. The number of hydrogen-bond donors (Lipinski definition) is 0. The molecule has 1 aromatic carbocycles. The SMILES string of the molecule is Ic1ccc2ncccc2c1I. The zero-order chi connectivity index (χ0) is 8.55. The van der Waals surface area contributed by atoms with Crippen LogP contribution in [0.5, 0.6) is 0 Å². The van der Waals surface area contributed by atoms with E-state index in [1.165, 1.54) is 12.5 Å². The Kier molecular flexibility index (Phi) is 2.49. The molecule has 12 heavy (non-hydrogen) atoms. The molecule has 0 unspecified atom stereocenters. The Morgan fingerprint density at radius 2 is 1.92 bits per heavy atom. The van der Waals surface area contributed by atoms with Crippen LogP contribution in [0.2, 0.25) is 0 Å². The summed E-state index contributed by atoms with van der Waals surface area (Å²) >= 11 is 4.69. The van der Waals surface area contributed by atoms with Crippen LogP contribution in [0.25, 0.3) is 10.9 Å². The zero-order valence-corrected chi connectivity index (χ0v) is 10.4. The van der Waals surface area contributed by atoms with Crippen LogP contribution in [-0.2, 0) is 0 Å². The summed E-state index contributed by atoms with van der Waals surface area (Å²) in [5.74, 6) is 0. The molecule has 0 saturated carbocycles. The van der Waals surface area contributed by atoms with E-state index in [-0.39, 0.29) is 0 Å². The average Bonchev–Trinajstić information content (AvgIpc) is 2.12. The lowest BCUT2D eigenvalue weighted by molar-refractivity contribution is 1.40. The predicted octanol–water partition coefficient (Wildman–Crippen LogP) is 3.44.